The molecule has 0 radical (unpaired) electrons. The quantitative estimate of drug-likeness (QED) is 0.923. The lowest BCUT2D eigenvalue weighted by Crippen LogP contribution is -2.28. The Kier molecular flexibility index (Phi) is 4.69. The summed E-state index contributed by atoms with van der Waals surface area (Å²) < 4.78 is 11.7. The van der Waals surface area contributed by atoms with Gasteiger partial charge in [0.25, 0.3) is 0 Å². The molecular formula is C18H27NO2. The highest BCUT2D eigenvalue weighted by atomic mass is 16.5. The predicted molar refractivity (Wildman–Crippen MR) is 85.4 cm³/mol. The summed E-state index contributed by atoms with van der Waals surface area (Å²) in [5.74, 6) is 3.21. The van der Waals surface area contributed by atoms with Crippen LogP contribution in [0.3, 0.4) is 0 Å². The second-order valence-electron chi connectivity index (χ2n) is 6.60. The van der Waals surface area contributed by atoms with Crippen molar-refractivity contribution in [2.24, 2.45) is 5.92 Å². The van der Waals surface area contributed by atoms with E-state index < -0.39 is 0 Å². The van der Waals surface area contributed by atoms with Gasteiger partial charge >= 0.3 is 0 Å². The Labute approximate surface area is 128 Å². The van der Waals surface area contributed by atoms with Gasteiger partial charge in [0.1, 0.15) is 0 Å². The molecule has 0 aliphatic carbocycles. The molecule has 1 N–H and O–H groups in total. The predicted octanol–water partition coefficient (Wildman–Crippen LogP) is 3.51. The number of fused-ring (bicyclic) bond motifs is 1. The molecule has 116 valence electrons. The standard InChI is InChI=1S/C18H27NO2/c1-13(2)16-12-18-17(20-8-3-9-21-18)11-15(16)10-14-4-6-19-7-5-14/h11-14,19H,3-10H2,1-2H3. The number of ether oxygens (including phenoxy) is 2. The highest BCUT2D eigenvalue weighted by Crippen LogP contribution is 2.37. The molecule has 1 aromatic rings. The van der Waals surface area contributed by atoms with E-state index in [-0.39, 0.29) is 0 Å². The molecule has 0 aromatic heterocycles. The minimum atomic E-state index is 0.527. The van der Waals surface area contributed by atoms with Crippen LogP contribution in [0.15, 0.2) is 12.1 Å². The minimum Gasteiger partial charge on any atom is -0.490 e. The summed E-state index contributed by atoms with van der Waals surface area (Å²) in [7, 11) is 0. The van der Waals surface area contributed by atoms with Gasteiger partial charge in [0, 0.05) is 6.42 Å². The fourth-order valence-corrected chi connectivity index (χ4v) is 3.38. The van der Waals surface area contributed by atoms with Crippen LogP contribution in [0.25, 0.3) is 0 Å². The summed E-state index contributed by atoms with van der Waals surface area (Å²) in [5, 5.41) is 3.45. The zero-order valence-electron chi connectivity index (χ0n) is 13.3. The highest BCUT2D eigenvalue weighted by molar-refractivity contribution is 5.49. The van der Waals surface area contributed by atoms with Crippen LogP contribution in [-0.4, -0.2) is 26.3 Å². The maximum Gasteiger partial charge on any atom is 0.161 e. The van der Waals surface area contributed by atoms with Crippen molar-refractivity contribution in [1.82, 2.24) is 5.32 Å². The molecule has 3 heteroatoms. The summed E-state index contributed by atoms with van der Waals surface area (Å²) >= 11 is 0. The topological polar surface area (TPSA) is 30.5 Å². The average molecular weight is 289 g/mol. The molecule has 2 aliphatic rings. The van der Waals surface area contributed by atoms with Crippen molar-refractivity contribution in [1.29, 1.82) is 0 Å². The first-order valence-corrected chi connectivity index (χ1v) is 8.37. The molecule has 0 saturated carbocycles. The first-order valence-electron chi connectivity index (χ1n) is 8.37. The largest absolute Gasteiger partial charge is 0.490 e. The van der Waals surface area contributed by atoms with Gasteiger partial charge in [-0.05, 0) is 67.4 Å². The van der Waals surface area contributed by atoms with Crippen LogP contribution in [-0.2, 0) is 6.42 Å². The zero-order valence-corrected chi connectivity index (χ0v) is 13.3. The van der Waals surface area contributed by atoms with Crippen molar-refractivity contribution in [2.75, 3.05) is 26.3 Å². The monoisotopic (exact) mass is 289 g/mol. The van der Waals surface area contributed by atoms with Gasteiger partial charge < -0.3 is 14.8 Å². The maximum atomic E-state index is 5.88. The van der Waals surface area contributed by atoms with Crippen LogP contribution in [0.4, 0.5) is 0 Å². The highest BCUT2D eigenvalue weighted by Gasteiger charge is 2.20. The van der Waals surface area contributed by atoms with E-state index in [1.54, 1.807) is 0 Å². The molecule has 2 heterocycles. The fraction of sp³-hybridized carbons (Fsp3) is 0.667. The Morgan fingerprint density at radius 1 is 1.10 bits per heavy atom. The van der Waals surface area contributed by atoms with Crippen molar-refractivity contribution in [3.8, 4) is 11.5 Å². The Hall–Kier alpha value is -1.22. The molecule has 3 nitrogen and oxygen atoms in total. The molecule has 2 aliphatic heterocycles. The number of piperidine rings is 1. The zero-order chi connectivity index (χ0) is 14.7. The van der Waals surface area contributed by atoms with Gasteiger partial charge in [-0.25, -0.2) is 0 Å². The molecule has 1 aromatic carbocycles. The first kappa shape index (κ1) is 14.7. The summed E-state index contributed by atoms with van der Waals surface area (Å²) in [5.41, 5.74) is 2.89. The van der Waals surface area contributed by atoms with Crippen molar-refractivity contribution in [2.45, 2.75) is 45.4 Å². The van der Waals surface area contributed by atoms with Crippen molar-refractivity contribution >= 4 is 0 Å². The number of rotatable bonds is 3. The lowest BCUT2D eigenvalue weighted by molar-refractivity contribution is 0.297. The van der Waals surface area contributed by atoms with Crippen LogP contribution >= 0.6 is 0 Å². The molecule has 0 atom stereocenters. The lowest BCUT2D eigenvalue weighted by Gasteiger charge is -2.25. The van der Waals surface area contributed by atoms with Gasteiger partial charge in [-0.2, -0.15) is 0 Å². The van der Waals surface area contributed by atoms with Crippen molar-refractivity contribution in [3.63, 3.8) is 0 Å². The van der Waals surface area contributed by atoms with E-state index in [1.807, 2.05) is 0 Å². The van der Waals surface area contributed by atoms with Crippen LogP contribution in [0, 0.1) is 5.92 Å². The fourth-order valence-electron chi connectivity index (χ4n) is 3.38. The average Bonchev–Trinajstić information content (AvgIpc) is 2.72. The molecule has 3 rings (SSSR count). The van der Waals surface area contributed by atoms with Crippen molar-refractivity contribution < 1.29 is 9.47 Å². The number of benzene rings is 1. The van der Waals surface area contributed by atoms with E-state index in [4.69, 9.17) is 9.47 Å². The summed E-state index contributed by atoms with van der Waals surface area (Å²) in [6, 6.07) is 4.47. The van der Waals surface area contributed by atoms with Gasteiger partial charge in [-0.1, -0.05) is 13.8 Å². The minimum absolute atomic E-state index is 0.527. The SMILES string of the molecule is CC(C)c1cc2c(cc1CC1CCNCC1)OCCCO2. The van der Waals surface area contributed by atoms with E-state index in [2.05, 4.69) is 31.3 Å². The number of nitrogens with one attached hydrogen (secondary N) is 1. The maximum absolute atomic E-state index is 5.88. The molecule has 0 spiro atoms. The Balaban J connectivity index is 1.87. The molecular weight excluding hydrogens is 262 g/mol. The Bertz CT molecular complexity index is 478. The van der Waals surface area contributed by atoms with Crippen LogP contribution in [0.5, 0.6) is 11.5 Å². The van der Waals surface area contributed by atoms with Gasteiger partial charge in [0.15, 0.2) is 11.5 Å². The van der Waals surface area contributed by atoms with E-state index >= 15 is 0 Å². The normalized spacial score (nSPS) is 19.6. The molecule has 1 fully saturated rings. The Morgan fingerprint density at radius 3 is 2.43 bits per heavy atom. The van der Waals surface area contributed by atoms with Crippen molar-refractivity contribution in [3.05, 3.63) is 23.3 Å². The van der Waals surface area contributed by atoms with E-state index in [0.717, 1.165) is 50.1 Å². The van der Waals surface area contributed by atoms with E-state index in [0.29, 0.717) is 5.92 Å². The van der Waals surface area contributed by atoms with Crippen LogP contribution < -0.4 is 14.8 Å². The summed E-state index contributed by atoms with van der Waals surface area (Å²) in [6.45, 7) is 8.38. The van der Waals surface area contributed by atoms with Gasteiger partial charge in [0.05, 0.1) is 13.2 Å². The second kappa shape index (κ2) is 6.69. The molecule has 1 saturated heterocycles. The summed E-state index contributed by atoms with van der Waals surface area (Å²) in [4.78, 5) is 0. The van der Waals surface area contributed by atoms with Gasteiger partial charge in [-0.15, -0.1) is 0 Å². The van der Waals surface area contributed by atoms with Gasteiger partial charge in [0.2, 0.25) is 0 Å². The van der Waals surface area contributed by atoms with Gasteiger partial charge in [-0.3, -0.25) is 0 Å². The number of hydrogen-bond donors (Lipinski definition) is 1. The molecule has 0 unspecified atom stereocenters. The Morgan fingerprint density at radius 2 is 1.76 bits per heavy atom. The summed E-state index contributed by atoms with van der Waals surface area (Å²) in [6.07, 6.45) is 4.71. The third-order valence-electron chi connectivity index (χ3n) is 4.60. The van der Waals surface area contributed by atoms with Crippen LogP contribution in [0.2, 0.25) is 0 Å². The lowest BCUT2D eigenvalue weighted by atomic mass is 9.86. The number of hydrogen-bond acceptors (Lipinski definition) is 3. The van der Waals surface area contributed by atoms with Crippen LogP contribution in [0.1, 0.15) is 50.2 Å². The third-order valence-corrected chi connectivity index (χ3v) is 4.60. The first-order chi connectivity index (χ1) is 10.2. The molecule has 21 heavy (non-hydrogen) atoms. The molecule has 0 amide bonds. The molecule has 0 bridgehead atoms. The van der Waals surface area contributed by atoms with E-state index in [1.165, 1.54) is 30.4 Å². The second-order valence-corrected chi connectivity index (χ2v) is 6.60. The van der Waals surface area contributed by atoms with E-state index in [9.17, 15) is 0 Å². The third kappa shape index (κ3) is 3.52. The smallest absolute Gasteiger partial charge is 0.161 e.